The highest BCUT2D eigenvalue weighted by Gasteiger charge is 2.19. The normalized spacial score (nSPS) is 19.6. The first-order valence-electron chi connectivity index (χ1n) is 6.38. The van der Waals surface area contributed by atoms with E-state index in [1.807, 2.05) is 0 Å². The highest BCUT2D eigenvalue weighted by atomic mass is 19.1. The summed E-state index contributed by atoms with van der Waals surface area (Å²) in [5, 5.41) is 3.33. The molecule has 1 atom stereocenters. The van der Waals surface area contributed by atoms with Crippen LogP contribution in [0.3, 0.4) is 0 Å². The molecule has 1 fully saturated rings. The molecule has 3 nitrogen and oxygen atoms in total. The second kappa shape index (κ2) is 5.96. The molecule has 0 radical (unpaired) electrons. The fourth-order valence-corrected chi connectivity index (χ4v) is 2.39. The van der Waals surface area contributed by atoms with E-state index in [9.17, 15) is 9.18 Å². The Morgan fingerprint density at radius 1 is 1.56 bits per heavy atom. The third-order valence-electron chi connectivity index (χ3n) is 3.35. The summed E-state index contributed by atoms with van der Waals surface area (Å²) >= 11 is 0. The van der Waals surface area contributed by atoms with Crippen LogP contribution in [0.2, 0.25) is 0 Å². The number of halogens is 1. The first-order chi connectivity index (χ1) is 8.66. The number of benzene rings is 1. The molecule has 0 aliphatic carbocycles. The van der Waals surface area contributed by atoms with E-state index < -0.39 is 0 Å². The SMILES string of the molecule is CN(CC1CCCNC1)C(=O)c1cccc(F)c1. The number of carbonyl (C=O) groups excluding carboxylic acids is 1. The summed E-state index contributed by atoms with van der Waals surface area (Å²) in [5.41, 5.74) is 0.418. The first-order valence-corrected chi connectivity index (χ1v) is 6.38. The van der Waals surface area contributed by atoms with Crippen molar-refractivity contribution >= 4 is 5.91 Å². The molecular weight excluding hydrogens is 231 g/mol. The van der Waals surface area contributed by atoms with Gasteiger partial charge in [0.05, 0.1) is 0 Å². The standard InChI is InChI=1S/C14H19FN2O/c1-17(10-11-4-3-7-16-9-11)14(18)12-5-2-6-13(15)8-12/h2,5-6,8,11,16H,3-4,7,9-10H2,1H3. The summed E-state index contributed by atoms with van der Waals surface area (Å²) in [6, 6.07) is 5.86. The minimum Gasteiger partial charge on any atom is -0.341 e. The second-order valence-electron chi connectivity index (χ2n) is 4.91. The summed E-state index contributed by atoms with van der Waals surface area (Å²) in [5.74, 6) is 0.0231. The first kappa shape index (κ1) is 13.0. The summed E-state index contributed by atoms with van der Waals surface area (Å²) in [6.45, 7) is 2.75. The molecule has 1 aliphatic heterocycles. The van der Waals surface area contributed by atoms with Crippen LogP contribution in [0.15, 0.2) is 24.3 Å². The van der Waals surface area contributed by atoms with E-state index in [0.29, 0.717) is 11.5 Å². The van der Waals surface area contributed by atoms with Gasteiger partial charge < -0.3 is 10.2 Å². The van der Waals surface area contributed by atoms with Crippen LogP contribution in [0, 0.1) is 11.7 Å². The molecule has 4 heteroatoms. The van der Waals surface area contributed by atoms with Gasteiger partial charge in [-0.3, -0.25) is 4.79 Å². The van der Waals surface area contributed by atoms with Crippen LogP contribution in [-0.4, -0.2) is 37.5 Å². The van der Waals surface area contributed by atoms with Crippen LogP contribution in [-0.2, 0) is 0 Å². The van der Waals surface area contributed by atoms with Crippen molar-refractivity contribution in [1.29, 1.82) is 0 Å². The van der Waals surface area contributed by atoms with Gasteiger partial charge in [0.25, 0.3) is 5.91 Å². The van der Waals surface area contributed by atoms with Crippen molar-refractivity contribution in [2.24, 2.45) is 5.92 Å². The molecule has 1 amide bonds. The van der Waals surface area contributed by atoms with Crippen molar-refractivity contribution < 1.29 is 9.18 Å². The monoisotopic (exact) mass is 250 g/mol. The molecule has 1 aromatic rings. The topological polar surface area (TPSA) is 32.3 Å². The van der Waals surface area contributed by atoms with Crippen molar-refractivity contribution in [3.05, 3.63) is 35.6 Å². The predicted molar refractivity (Wildman–Crippen MR) is 69.0 cm³/mol. The highest BCUT2D eigenvalue weighted by Crippen LogP contribution is 2.13. The molecule has 1 aliphatic rings. The fourth-order valence-electron chi connectivity index (χ4n) is 2.39. The maximum Gasteiger partial charge on any atom is 0.253 e. The summed E-state index contributed by atoms with van der Waals surface area (Å²) in [6.07, 6.45) is 2.31. The third-order valence-corrected chi connectivity index (χ3v) is 3.35. The predicted octanol–water partition coefficient (Wildman–Crippen LogP) is 1.90. The van der Waals surface area contributed by atoms with E-state index >= 15 is 0 Å². The zero-order valence-electron chi connectivity index (χ0n) is 10.7. The molecule has 18 heavy (non-hydrogen) atoms. The van der Waals surface area contributed by atoms with Crippen LogP contribution in [0.25, 0.3) is 0 Å². The van der Waals surface area contributed by atoms with Gasteiger partial charge in [-0.2, -0.15) is 0 Å². The number of carbonyl (C=O) groups is 1. The van der Waals surface area contributed by atoms with Gasteiger partial charge in [-0.1, -0.05) is 6.07 Å². The molecule has 1 saturated heterocycles. The molecule has 0 aromatic heterocycles. The van der Waals surface area contributed by atoms with E-state index in [1.54, 1.807) is 24.1 Å². The molecule has 1 aromatic carbocycles. The summed E-state index contributed by atoms with van der Waals surface area (Å²) < 4.78 is 13.1. The molecule has 0 saturated carbocycles. The van der Waals surface area contributed by atoms with Gasteiger partial charge in [0.2, 0.25) is 0 Å². The maximum absolute atomic E-state index is 13.1. The third kappa shape index (κ3) is 3.29. The van der Waals surface area contributed by atoms with Gasteiger partial charge in [-0.25, -0.2) is 4.39 Å². The van der Waals surface area contributed by atoms with Crippen LogP contribution in [0.5, 0.6) is 0 Å². The number of rotatable bonds is 3. The van der Waals surface area contributed by atoms with Crippen molar-refractivity contribution in [3.8, 4) is 0 Å². The second-order valence-corrected chi connectivity index (χ2v) is 4.91. The highest BCUT2D eigenvalue weighted by molar-refractivity contribution is 5.94. The summed E-state index contributed by atoms with van der Waals surface area (Å²) in [4.78, 5) is 13.8. The van der Waals surface area contributed by atoms with Crippen molar-refractivity contribution in [1.82, 2.24) is 10.2 Å². The van der Waals surface area contributed by atoms with Crippen LogP contribution in [0.1, 0.15) is 23.2 Å². The summed E-state index contributed by atoms with van der Waals surface area (Å²) in [7, 11) is 1.78. The number of nitrogens with one attached hydrogen (secondary N) is 1. The van der Waals surface area contributed by atoms with E-state index in [-0.39, 0.29) is 11.7 Å². The van der Waals surface area contributed by atoms with Crippen LogP contribution < -0.4 is 5.32 Å². The number of piperidine rings is 1. The van der Waals surface area contributed by atoms with Crippen molar-refractivity contribution in [3.63, 3.8) is 0 Å². The Kier molecular flexibility index (Phi) is 4.31. The molecule has 98 valence electrons. The molecule has 2 rings (SSSR count). The minimum absolute atomic E-state index is 0.111. The van der Waals surface area contributed by atoms with E-state index in [2.05, 4.69) is 5.32 Å². The fraction of sp³-hybridized carbons (Fsp3) is 0.500. The lowest BCUT2D eigenvalue weighted by molar-refractivity contribution is 0.0764. The Hall–Kier alpha value is -1.42. The molecule has 0 bridgehead atoms. The van der Waals surface area contributed by atoms with Crippen molar-refractivity contribution in [2.45, 2.75) is 12.8 Å². The van der Waals surface area contributed by atoms with E-state index in [0.717, 1.165) is 32.5 Å². The zero-order chi connectivity index (χ0) is 13.0. The van der Waals surface area contributed by atoms with E-state index in [1.165, 1.54) is 12.1 Å². The van der Waals surface area contributed by atoms with Gasteiger partial charge >= 0.3 is 0 Å². The van der Waals surface area contributed by atoms with Crippen molar-refractivity contribution in [2.75, 3.05) is 26.7 Å². The molecule has 1 heterocycles. The average molecular weight is 250 g/mol. The van der Waals surface area contributed by atoms with Gasteiger partial charge in [0.1, 0.15) is 5.82 Å². The minimum atomic E-state index is -0.367. The Labute approximate surface area is 107 Å². The Balaban J connectivity index is 1.95. The molecule has 1 unspecified atom stereocenters. The Morgan fingerprint density at radius 3 is 3.06 bits per heavy atom. The van der Waals surface area contributed by atoms with E-state index in [4.69, 9.17) is 0 Å². The van der Waals surface area contributed by atoms with Gasteiger partial charge in [-0.15, -0.1) is 0 Å². The van der Waals surface area contributed by atoms with Gasteiger partial charge in [0.15, 0.2) is 0 Å². The Bertz CT molecular complexity index is 416. The molecular formula is C14H19FN2O. The van der Waals surface area contributed by atoms with Gasteiger partial charge in [0, 0.05) is 19.2 Å². The maximum atomic E-state index is 13.1. The number of amides is 1. The lowest BCUT2D eigenvalue weighted by Crippen LogP contribution is -2.39. The Morgan fingerprint density at radius 2 is 2.39 bits per heavy atom. The lowest BCUT2D eigenvalue weighted by atomic mass is 9.99. The smallest absolute Gasteiger partial charge is 0.253 e. The largest absolute Gasteiger partial charge is 0.341 e. The molecule has 0 spiro atoms. The molecule has 1 N–H and O–H groups in total. The average Bonchev–Trinajstić information content (AvgIpc) is 2.39. The number of hydrogen-bond acceptors (Lipinski definition) is 2. The number of nitrogens with zero attached hydrogens (tertiary/aromatic N) is 1. The van der Waals surface area contributed by atoms with Gasteiger partial charge in [-0.05, 0) is 50.0 Å². The van der Waals surface area contributed by atoms with Crippen LogP contribution >= 0.6 is 0 Å². The zero-order valence-corrected chi connectivity index (χ0v) is 10.7. The lowest BCUT2D eigenvalue weighted by Gasteiger charge is -2.27. The van der Waals surface area contributed by atoms with Crippen LogP contribution in [0.4, 0.5) is 4.39 Å². The quantitative estimate of drug-likeness (QED) is 0.888. The number of hydrogen-bond donors (Lipinski definition) is 1.